The van der Waals surface area contributed by atoms with Crippen LogP contribution < -0.4 is 11.1 Å². The Kier molecular flexibility index (Phi) is 4.20. The summed E-state index contributed by atoms with van der Waals surface area (Å²) in [4.78, 5) is 16.8. The number of carbonyl (C=O) groups is 1. The van der Waals surface area contributed by atoms with Crippen molar-refractivity contribution in [3.63, 3.8) is 0 Å². The van der Waals surface area contributed by atoms with Gasteiger partial charge in [-0.15, -0.1) is 5.10 Å². The van der Waals surface area contributed by atoms with Gasteiger partial charge >= 0.3 is 0 Å². The molecule has 2 heterocycles. The molecule has 1 unspecified atom stereocenters. The van der Waals surface area contributed by atoms with Crippen molar-refractivity contribution in [2.45, 2.75) is 19.9 Å². The van der Waals surface area contributed by atoms with Crippen LogP contribution in [0.5, 0.6) is 0 Å². The first-order valence-electron chi connectivity index (χ1n) is 8.51. The van der Waals surface area contributed by atoms with E-state index in [-0.39, 0.29) is 0 Å². The number of allylic oxidation sites excluding steroid dienone is 1. The number of amides is 1. The molecule has 27 heavy (non-hydrogen) atoms. The summed E-state index contributed by atoms with van der Waals surface area (Å²) in [5, 5.41) is 8.36. The van der Waals surface area contributed by atoms with Gasteiger partial charge in [-0.25, -0.2) is 4.68 Å². The highest BCUT2D eigenvalue weighted by Crippen LogP contribution is 2.37. The summed E-state index contributed by atoms with van der Waals surface area (Å²) in [6.45, 7) is 3.82. The third-order valence-electron chi connectivity index (χ3n) is 4.59. The lowest BCUT2D eigenvalue weighted by Crippen LogP contribution is -2.31. The van der Waals surface area contributed by atoms with E-state index in [4.69, 9.17) is 17.3 Å². The Morgan fingerprint density at radius 3 is 2.67 bits per heavy atom. The molecule has 1 aliphatic heterocycles. The van der Waals surface area contributed by atoms with Crippen molar-refractivity contribution in [1.29, 1.82) is 0 Å². The first-order chi connectivity index (χ1) is 13.0. The molecule has 6 nitrogen and oxygen atoms in total. The smallest absolute Gasteiger partial charge is 0.248 e. The Labute approximate surface area is 161 Å². The lowest BCUT2D eigenvalue weighted by Gasteiger charge is -2.27. The normalized spacial score (nSPS) is 16.0. The van der Waals surface area contributed by atoms with Crippen molar-refractivity contribution in [2.24, 2.45) is 5.73 Å². The highest BCUT2D eigenvalue weighted by molar-refractivity contribution is 6.33. The summed E-state index contributed by atoms with van der Waals surface area (Å²) in [6, 6.07) is 14.9. The monoisotopic (exact) mass is 379 g/mol. The Bertz CT molecular complexity index is 1090. The van der Waals surface area contributed by atoms with Crippen molar-refractivity contribution in [3.05, 3.63) is 76.0 Å². The van der Waals surface area contributed by atoms with E-state index < -0.39 is 11.9 Å². The third kappa shape index (κ3) is 2.98. The number of carbonyl (C=O) groups excluding carboxylic acids is 1. The molecular formula is C20H18ClN5O. The summed E-state index contributed by atoms with van der Waals surface area (Å²) in [5.41, 5.74) is 9.56. The number of aryl methyl sites for hydroxylation is 1. The van der Waals surface area contributed by atoms with Crippen LogP contribution in [0.15, 0.2) is 59.8 Å². The number of nitrogens with two attached hydrogens (primary N) is 1. The van der Waals surface area contributed by atoms with Crippen LogP contribution in [0.2, 0.25) is 5.02 Å². The van der Waals surface area contributed by atoms with Gasteiger partial charge < -0.3 is 11.1 Å². The molecule has 0 aliphatic carbocycles. The van der Waals surface area contributed by atoms with Crippen molar-refractivity contribution in [2.75, 3.05) is 5.32 Å². The van der Waals surface area contributed by atoms with Gasteiger partial charge in [0.2, 0.25) is 11.9 Å². The highest BCUT2D eigenvalue weighted by Gasteiger charge is 2.33. The van der Waals surface area contributed by atoms with Crippen molar-refractivity contribution in [3.8, 4) is 11.4 Å². The molecule has 0 saturated carbocycles. The predicted octanol–water partition coefficient (Wildman–Crippen LogP) is 3.68. The van der Waals surface area contributed by atoms with Crippen molar-refractivity contribution >= 4 is 23.5 Å². The highest BCUT2D eigenvalue weighted by atomic mass is 35.5. The van der Waals surface area contributed by atoms with Crippen LogP contribution in [0.25, 0.3) is 11.4 Å². The molecule has 3 N–H and O–H groups in total. The minimum absolute atomic E-state index is 0.456. The molecule has 1 aliphatic rings. The number of anilines is 1. The van der Waals surface area contributed by atoms with Crippen molar-refractivity contribution < 1.29 is 4.79 Å². The Hall–Kier alpha value is -3.12. The zero-order valence-electron chi connectivity index (χ0n) is 14.9. The van der Waals surface area contributed by atoms with Gasteiger partial charge in [0.15, 0.2) is 5.82 Å². The zero-order valence-corrected chi connectivity index (χ0v) is 15.7. The molecule has 136 valence electrons. The first kappa shape index (κ1) is 17.3. The molecule has 1 amide bonds. The third-order valence-corrected chi connectivity index (χ3v) is 4.92. The van der Waals surface area contributed by atoms with Gasteiger partial charge in [0.05, 0.1) is 10.6 Å². The molecule has 0 spiro atoms. The average molecular weight is 380 g/mol. The minimum Gasteiger partial charge on any atom is -0.366 e. The van der Waals surface area contributed by atoms with Gasteiger partial charge in [-0.3, -0.25) is 4.79 Å². The van der Waals surface area contributed by atoms with Gasteiger partial charge in [0.25, 0.3) is 0 Å². The maximum Gasteiger partial charge on any atom is 0.248 e. The fraction of sp³-hybridized carbons (Fsp3) is 0.150. The summed E-state index contributed by atoms with van der Waals surface area (Å²) in [5.74, 6) is 0.533. The van der Waals surface area contributed by atoms with E-state index in [1.165, 1.54) is 0 Å². The summed E-state index contributed by atoms with van der Waals surface area (Å²) < 4.78 is 1.69. The van der Waals surface area contributed by atoms with Crippen LogP contribution >= 0.6 is 11.6 Å². The minimum atomic E-state index is -0.494. The zero-order chi connectivity index (χ0) is 19.1. The molecular weight excluding hydrogens is 362 g/mol. The van der Waals surface area contributed by atoms with Gasteiger partial charge in [0, 0.05) is 11.3 Å². The van der Waals surface area contributed by atoms with Crippen LogP contribution in [-0.4, -0.2) is 20.7 Å². The fourth-order valence-corrected chi connectivity index (χ4v) is 3.60. The average Bonchev–Trinajstić information content (AvgIpc) is 3.03. The second kappa shape index (κ2) is 6.55. The van der Waals surface area contributed by atoms with Gasteiger partial charge in [-0.1, -0.05) is 53.6 Å². The number of halogens is 1. The SMILES string of the molecule is CC1=C(C(N)=O)C(c2cccc(C)c2)n2nc(-c3ccccc3Cl)nc2N1. The Morgan fingerprint density at radius 1 is 1.19 bits per heavy atom. The number of nitrogens with one attached hydrogen (secondary N) is 1. The maximum atomic E-state index is 12.2. The van der Waals surface area contributed by atoms with Gasteiger partial charge in [-0.2, -0.15) is 4.98 Å². The predicted molar refractivity (Wildman–Crippen MR) is 105 cm³/mol. The lowest BCUT2D eigenvalue weighted by atomic mass is 9.94. The molecule has 0 bridgehead atoms. The number of aromatic nitrogens is 3. The summed E-state index contributed by atoms with van der Waals surface area (Å²) in [7, 11) is 0. The lowest BCUT2D eigenvalue weighted by molar-refractivity contribution is -0.115. The molecule has 2 aromatic carbocycles. The van der Waals surface area contributed by atoms with Crippen LogP contribution in [-0.2, 0) is 4.79 Å². The largest absolute Gasteiger partial charge is 0.366 e. The van der Waals surface area contributed by atoms with Gasteiger partial charge in [0.1, 0.15) is 6.04 Å². The fourth-order valence-electron chi connectivity index (χ4n) is 3.38. The van der Waals surface area contributed by atoms with Crippen LogP contribution in [0.4, 0.5) is 5.95 Å². The standard InChI is InChI=1S/C20H18ClN5O/c1-11-6-5-7-13(10-11)17-16(18(22)27)12(2)23-20-24-19(25-26(17)20)14-8-3-4-9-15(14)21/h3-10,17H,1-2H3,(H2,22,27)(H,23,24,25). The summed E-state index contributed by atoms with van der Waals surface area (Å²) >= 11 is 6.31. The van der Waals surface area contributed by atoms with Crippen LogP contribution in [0.1, 0.15) is 24.1 Å². The van der Waals surface area contributed by atoms with Crippen LogP contribution in [0.3, 0.4) is 0 Å². The topological polar surface area (TPSA) is 85.8 Å². The number of primary amides is 1. The number of nitrogens with zero attached hydrogens (tertiary/aromatic N) is 3. The molecule has 0 radical (unpaired) electrons. The second-order valence-corrected chi connectivity index (χ2v) is 6.94. The Balaban J connectivity index is 1.91. The molecule has 1 atom stereocenters. The van der Waals surface area contributed by atoms with Crippen LogP contribution in [0, 0.1) is 6.92 Å². The molecule has 0 saturated heterocycles. The van der Waals surface area contributed by atoms with E-state index in [1.807, 2.05) is 56.3 Å². The first-order valence-corrected chi connectivity index (χ1v) is 8.89. The number of rotatable bonds is 3. The van der Waals surface area contributed by atoms with E-state index >= 15 is 0 Å². The number of fused-ring (bicyclic) bond motifs is 1. The van der Waals surface area contributed by atoms with E-state index in [0.717, 1.165) is 16.7 Å². The number of hydrogen-bond donors (Lipinski definition) is 2. The summed E-state index contributed by atoms with van der Waals surface area (Å²) in [6.07, 6.45) is 0. The maximum absolute atomic E-state index is 12.2. The second-order valence-electron chi connectivity index (χ2n) is 6.53. The number of benzene rings is 2. The Morgan fingerprint density at radius 2 is 1.96 bits per heavy atom. The van der Waals surface area contributed by atoms with E-state index in [2.05, 4.69) is 15.4 Å². The molecule has 1 aromatic heterocycles. The van der Waals surface area contributed by atoms with Gasteiger partial charge in [-0.05, 0) is 31.5 Å². The molecule has 3 aromatic rings. The quantitative estimate of drug-likeness (QED) is 0.726. The van der Waals surface area contributed by atoms with Crippen molar-refractivity contribution in [1.82, 2.24) is 14.8 Å². The molecule has 7 heteroatoms. The molecule has 0 fully saturated rings. The molecule has 4 rings (SSSR count). The van der Waals surface area contributed by atoms with E-state index in [1.54, 1.807) is 10.7 Å². The number of hydrogen-bond acceptors (Lipinski definition) is 4. The van der Waals surface area contributed by atoms with E-state index in [0.29, 0.717) is 28.1 Å². The van der Waals surface area contributed by atoms with E-state index in [9.17, 15) is 4.79 Å².